The summed E-state index contributed by atoms with van der Waals surface area (Å²) in [4.78, 5) is 11.8. The summed E-state index contributed by atoms with van der Waals surface area (Å²) in [7, 11) is 0. The predicted molar refractivity (Wildman–Crippen MR) is 58.2 cm³/mol. The second-order valence-electron chi connectivity index (χ2n) is 2.61. The first-order valence-corrected chi connectivity index (χ1v) is 5.31. The minimum atomic E-state index is -1.04. The Morgan fingerprint density at radius 1 is 1.13 bits per heavy atom. The fourth-order valence-corrected chi connectivity index (χ4v) is 1.28. The number of halogens is 2. The van der Waals surface area contributed by atoms with Gasteiger partial charge in [-0.3, -0.25) is 4.79 Å². The van der Waals surface area contributed by atoms with Crippen molar-refractivity contribution in [2.45, 2.75) is 6.29 Å². The first-order chi connectivity index (χ1) is 7.29. The fraction of sp³-hybridized carbons (Fsp3) is 0.300. The quantitative estimate of drug-likeness (QED) is 0.441. The molecule has 0 radical (unpaired) electrons. The van der Waals surface area contributed by atoms with E-state index in [1.165, 1.54) is 0 Å². The summed E-state index contributed by atoms with van der Waals surface area (Å²) in [6, 6.07) is 8.42. The zero-order valence-corrected chi connectivity index (χ0v) is 9.37. The molecule has 0 aliphatic rings. The number of hydrogen-bond donors (Lipinski definition) is 0. The summed E-state index contributed by atoms with van der Waals surface area (Å²) in [5.74, 6) is -0.295. The van der Waals surface area contributed by atoms with Crippen molar-refractivity contribution in [1.29, 1.82) is 0 Å². The Kier molecular flexibility index (Phi) is 5.65. The van der Waals surface area contributed by atoms with Crippen molar-refractivity contribution in [1.82, 2.24) is 0 Å². The molecular weight excluding hydrogens is 239 g/mol. The van der Waals surface area contributed by atoms with E-state index >= 15 is 0 Å². The number of ketones is 1. The van der Waals surface area contributed by atoms with Crippen LogP contribution in [0.3, 0.4) is 0 Å². The molecule has 3 nitrogen and oxygen atoms in total. The molecule has 15 heavy (non-hydrogen) atoms. The van der Waals surface area contributed by atoms with E-state index in [1.807, 2.05) is 6.07 Å². The first-order valence-electron chi connectivity index (χ1n) is 4.24. The molecule has 0 saturated heterocycles. The summed E-state index contributed by atoms with van der Waals surface area (Å²) in [5, 5.41) is 0. The molecule has 0 heterocycles. The van der Waals surface area contributed by atoms with Gasteiger partial charge in [0.1, 0.15) is 12.1 Å². The Morgan fingerprint density at radius 2 is 1.67 bits per heavy atom. The molecule has 5 heteroatoms. The minimum Gasteiger partial charge on any atom is -0.329 e. The van der Waals surface area contributed by atoms with Gasteiger partial charge in [-0.15, -0.1) is 0 Å². The average Bonchev–Trinajstić information content (AvgIpc) is 2.29. The van der Waals surface area contributed by atoms with E-state index in [1.54, 1.807) is 24.3 Å². The molecule has 0 bridgehead atoms. The Balaban J connectivity index is 2.71. The van der Waals surface area contributed by atoms with Crippen LogP contribution in [0.1, 0.15) is 10.4 Å². The van der Waals surface area contributed by atoms with Crippen LogP contribution in [0.15, 0.2) is 30.3 Å². The zero-order chi connectivity index (χ0) is 11.1. The molecule has 82 valence electrons. The van der Waals surface area contributed by atoms with Gasteiger partial charge in [-0.2, -0.15) is 0 Å². The van der Waals surface area contributed by atoms with Crippen molar-refractivity contribution >= 4 is 29.0 Å². The van der Waals surface area contributed by atoms with E-state index in [2.05, 4.69) is 0 Å². The Bertz CT molecular complexity index is 297. The third-order valence-electron chi connectivity index (χ3n) is 1.70. The average molecular weight is 249 g/mol. The molecule has 1 aromatic rings. The lowest BCUT2D eigenvalue weighted by molar-refractivity contribution is -0.0874. The largest absolute Gasteiger partial charge is 0.329 e. The molecule has 0 atom stereocenters. The zero-order valence-electron chi connectivity index (χ0n) is 7.86. The second-order valence-corrected chi connectivity index (χ2v) is 3.05. The van der Waals surface area contributed by atoms with Crippen LogP contribution in [0.5, 0.6) is 0 Å². The number of hydrogen-bond acceptors (Lipinski definition) is 3. The van der Waals surface area contributed by atoms with Gasteiger partial charge in [-0.05, 0) is 0 Å². The van der Waals surface area contributed by atoms with Gasteiger partial charge in [-0.25, -0.2) is 0 Å². The van der Waals surface area contributed by atoms with Crippen molar-refractivity contribution in [3.63, 3.8) is 0 Å². The van der Waals surface area contributed by atoms with Crippen LogP contribution in [-0.2, 0) is 9.47 Å². The minimum absolute atomic E-state index is 0.125. The number of rotatable bonds is 6. The Labute approximate surface area is 97.9 Å². The van der Waals surface area contributed by atoms with E-state index in [9.17, 15) is 4.79 Å². The molecule has 0 saturated carbocycles. The smallest absolute Gasteiger partial charge is 0.224 e. The third-order valence-corrected chi connectivity index (χ3v) is 1.95. The molecule has 0 spiro atoms. The van der Waals surface area contributed by atoms with Crippen molar-refractivity contribution < 1.29 is 14.3 Å². The van der Waals surface area contributed by atoms with Gasteiger partial charge in [0.2, 0.25) is 12.1 Å². The normalized spacial score (nSPS) is 10.6. The maximum Gasteiger partial charge on any atom is 0.224 e. The van der Waals surface area contributed by atoms with E-state index in [0.717, 1.165) is 0 Å². The number of Topliss-reactive ketones (excluding diaryl/α,β-unsaturated/α-hetero) is 1. The van der Waals surface area contributed by atoms with Crippen molar-refractivity contribution in [3.05, 3.63) is 35.9 Å². The standard InChI is InChI=1S/C10H10Cl2O3/c11-6-14-10(15-7-12)9(13)8-4-2-1-3-5-8/h1-5,10H,6-7H2. The summed E-state index contributed by atoms with van der Waals surface area (Å²) in [6.07, 6.45) is -1.04. The van der Waals surface area contributed by atoms with Crippen LogP contribution in [0.2, 0.25) is 0 Å². The molecule has 0 unspecified atom stereocenters. The van der Waals surface area contributed by atoms with Crippen LogP contribution in [0, 0.1) is 0 Å². The Morgan fingerprint density at radius 3 is 2.13 bits per heavy atom. The highest BCUT2D eigenvalue weighted by Gasteiger charge is 2.20. The number of benzene rings is 1. The van der Waals surface area contributed by atoms with E-state index in [-0.39, 0.29) is 17.9 Å². The fourth-order valence-electron chi connectivity index (χ4n) is 1.05. The maximum atomic E-state index is 11.8. The number of ether oxygens (including phenoxy) is 2. The molecule has 0 amide bonds. The first kappa shape index (κ1) is 12.5. The highest BCUT2D eigenvalue weighted by Crippen LogP contribution is 2.08. The van der Waals surface area contributed by atoms with Gasteiger partial charge in [-0.1, -0.05) is 53.5 Å². The third kappa shape index (κ3) is 3.80. The topological polar surface area (TPSA) is 35.5 Å². The molecule has 0 aromatic heterocycles. The maximum absolute atomic E-state index is 11.8. The SMILES string of the molecule is O=C(c1ccccc1)C(OCCl)OCCl. The molecule has 0 aliphatic carbocycles. The second kappa shape index (κ2) is 6.80. The monoisotopic (exact) mass is 248 g/mol. The molecule has 0 N–H and O–H groups in total. The van der Waals surface area contributed by atoms with Crippen molar-refractivity contribution in [2.24, 2.45) is 0 Å². The van der Waals surface area contributed by atoms with Gasteiger partial charge in [0.25, 0.3) is 0 Å². The molecule has 0 aliphatic heterocycles. The van der Waals surface area contributed by atoms with Gasteiger partial charge in [0.15, 0.2) is 0 Å². The van der Waals surface area contributed by atoms with Gasteiger partial charge >= 0.3 is 0 Å². The summed E-state index contributed by atoms with van der Waals surface area (Å²) < 4.78 is 9.82. The van der Waals surface area contributed by atoms with Gasteiger partial charge in [0, 0.05) is 5.56 Å². The van der Waals surface area contributed by atoms with E-state index < -0.39 is 6.29 Å². The van der Waals surface area contributed by atoms with Gasteiger partial charge < -0.3 is 9.47 Å². The summed E-state index contributed by atoms with van der Waals surface area (Å²) in [6.45, 7) is 0. The lowest BCUT2D eigenvalue weighted by Gasteiger charge is -2.13. The molecule has 1 aromatic carbocycles. The predicted octanol–water partition coefficient (Wildman–Crippen LogP) is 2.62. The highest BCUT2D eigenvalue weighted by molar-refractivity contribution is 6.17. The molecular formula is C10H10Cl2O3. The number of carbonyl (C=O) groups is 1. The Hall–Kier alpha value is -0.610. The van der Waals surface area contributed by atoms with Crippen molar-refractivity contribution in [2.75, 3.05) is 12.1 Å². The molecule has 0 fully saturated rings. The number of carbonyl (C=O) groups excluding carboxylic acids is 1. The van der Waals surface area contributed by atoms with Crippen LogP contribution in [0.4, 0.5) is 0 Å². The summed E-state index contributed by atoms with van der Waals surface area (Å²) >= 11 is 10.7. The van der Waals surface area contributed by atoms with E-state index in [4.69, 9.17) is 32.7 Å². The molecule has 1 rings (SSSR count). The highest BCUT2D eigenvalue weighted by atomic mass is 35.5. The van der Waals surface area contributed by atoms with E-state index in [0.29, 0.717) is 5.56 Å². The van der Waals surface area contributed by atoms with Gasteiger partial charge in [0.05, 0.1) is 0 Å². The lowest BCUT2D eigenvalue weighted by Crippen LogP contribution is -2.27. The van der Waals surface area contributed by atoms with Crippen LogP contribution < -0.4 is 0 Å². The van der Waals surface area contributed by atoms with Crippen LogP contribution in [0.25, 0.3) is 0 Å². The van der Waals surface area contributed by atoms with Crippen molar-refractivity contribution in [3.8, 4) is 0 Å². The van der Waals surface area contributed by atoms with Crippen LogP contribution in [-0.4, -0.2) is 24.2 Å². The summed E-state index contributed by atoms with van der Waals surface area (Å²) in [5.41, 5.74) is 0.498. The number of alkyl halides is 2. The van der Waals surface area contributed by atoms with Crippen LogP contribution >= 0.6 is 23.2 Å². The lowest BCUT2D eigenvalue weighted by atomic mass is 10.1.